The number of carbonyl (C=O) groups is 2. The number of hydrogen-bond donors (Lipinski definition) is 2. The molecule has 196 valence electrons. The second kappa shape index (κ2) is 11.7. The van der Waals surface area contributed by atoms with E-state index in [2.05, 4.69) is 10.0 Å². The zero-order valence-electron chi connectivity index (χ0n) is 21.8. The highest BCUT2D eigenvalue weighted by atomic mass is 32.2. The second-order valence-corrected chi connectivity index (χ2v) is 11.9. The van der Waals surface area contributed by atoms with Gasteiger partial charge in [0.15, 0.2) is 0 Å². The molecular formula is C29H34N2O5S. The number of sulfonamides is 1. The highest BCUT2D eigenvalue weighted by Crippen LogP contribution is 2.23. The maximum atomic E-state index is 13.0. The van der Waals surface area contributed by atoms with Gasteiger partial charge < -0.3 is 10.1 Å². The average Bonchev–Trinajstić information content (AvgIpc) is 2.82. The van der Waals surface area contributed by atoms with Gasteiger partial charge in [0.25, 0.3) is 0 Å². The zero-order valence-corrected chi connectivity index (χ0v) is 22.6. The van der Waals surface area contributed by atoms with Gasteiger partial charge in [0.2, 0.25) is 15.9 Å². The zero-order chi connectivity index (χ0) is 27.2. The van der Waals surface area contributed by atoms with Crippen LogP contribution in [-0.4, -0.2) is 31.9 Å². The van der Waals surface area contributed by atoms with E-state index >= 15 is 0 Å². The summed E-state index contributed by atoms with van der Waals surface area (Å²) in [5.41, 5.74) is 2.60. The molecule has 0 aliphatic heterocycles. The normalized spacial score (nSPS) is 12.7. The summed E-state index contributed by atoms with van der Waals surface area (Å²) in [7, 11) is -3.95. The molecule has 0 fully saturated rings. The van der Waals surface area contributed by atoms with E-state index in [0.717, 1.165) is 22.4 Å². The van der Waals surface area contributed by atoms with Gasteiger partial charge in [-0.1, -0.05) is 68.4 Å². The number of carbonyl (C=O) groups excluding carboxylic acids is 2. The van der Waals surface area contributed by atoms with Gasteiger partial charge in [-0.3, -0.25) is 9.59 Å². The fourth-order valence-corrected chi connectivity index (χ4v) is 4.94. The summed E-state index contributed by atoms with van der Waals surface area (Å²) in [5, 5.41) is 2.86. The highest BCUT2D eigenvalue weighted by Gasteiger charge is 2.32. The molecule has 0 bridgehead atoms. The van der Waals surface area contributed by atoms with Crippen molar-refractivity contribution >= 4 is 27.6 Å². The van der Waals surface area contributed by atoms with E-state index in [9.17, 15) is 18.0 Å². The Balaban J connectivity index is 1.67. The lowest BCUT2D eigenvalue weighted by Gasteiger charge is -2.26. The van der Waals surface area contributed by atoms with Crippen molar-refractivity contribution in [2.75, 3.05) is 5.32 Å². The summed E-state index contributed by atoms with van der Waals surface area (Å²) in [5.74, 6) is -1.01. The molecule has 1 amide bonds. The summed E-state index contributed by atoms with van der Waals surface area (Å²) >= 11 is 0. The summed E-state index contributed by atoms with van der Waals surface area (Å²) in [4.78, 5) is 24.9. The van der Waals surface area contributed by atoms with Gasteiger partial charge in [0.05, 0.1) is 11.3 Å². The quantitative estimate of drug-likeness (QED) is 0.377. The summed E-state index contributed by atoms with van der Waals surface area (Å²) in [6.45, 7) is 8.73. The molecule has 3 aromatic carbocycles. The molecule has 0 spiro atoms. The van der Waals surface area contributed by atoms with Gasteiger partial charge in [0, 0.05) is 5.69 Å². The first-order valence-corrected chi connectivity index (χ1v) is 13.6. The molecule has 8 heteroatoms. The van der Waals surface area contributed by atoms with E-state index in [1.807, 2.05) is 54.6 Å². The molecular weight excluding hydrogens is 488 g/mol. The molecule has 0 heterocycles. The van der Waals surface area contributed by atoms with E-state index in [-0.39, 0.29) is 23.1 Å². The molecule has 1 atom stereocenters. The number of hydrogen-bond acceptors (Lipinski definition) is 5. The Hall–Kier alpha value is -3.49. The Morgan fingerprint density at radius 3 is 1.89 bits per heavy atom. The van der Waals surface area contributed by atoms with Crippen LogP contribution in [0.25, 0.3) is 11.1 Å². The number of amides is 1. The number of benzene rings is 3. The number of esters is 1. The molecule has 2 N–H and O–H groups in total. The molecule has 0 aliphatic rings. The van der Waals surface area contributed by atoms with Crippen molar-refractivity contribution in [1.82, 2.24) is 4.72 Å². The number of nitrogens with one attached hydrogen (secondary N) is 2. The molecule has 0 unspecified atom stereocenters. The van der Waals surface area contributed by atoms with Crippen molar-refractivity contribution in [1.29, 1.82) is 0 Å². The lowest BCUT2D eigenvalue weighted by atomic mass is 10.0. The maximum Gasteiger partial charge on any atom is 0.324 e. The molecule has 0 aliphatic carbocycles. The van der Waals surface area contributed by atoms with Crippen LogP contribution in [0.15, 0.2) is 83.8 Å². The number of ether oxygens (including phenoxy) is 1. The Morgan fingerprint density at radius 1 is 0.838 bits per heavy atom. The van der Waals surface area contributed by atoms with E-state index in [1.165, 1.54) is 12.1 Å². The first-order valence-electron chi connectivity index (χ1n) is 12.1. The van der Waals surface area contributed by atoms with Gasteiger partial charge in [-0.15, -0.1) is 0 Å². The highest BCUT2D eigenvalue weighted by molar-refractivity contribution is 7.89. The first kappa shape index (κ1) is 28.1. The van der Waals surface area contributed by atoms with Crippen molar-refractivity contribution < 1.29 is 22.7 Å². The fourth-order valence-electron chi connectivity index (χ4n) is 3.61. The molecule has 0 saturated heterocycles. The van der Waals surface area contributed by atoms with Crippen LogP contribution < -0.4 is 10.0 Å². The summed E-state index contributed by atoms with van der Waals surface area (Å²) < 4.78 is 33.9. The molecule has 0 aromatic heterocycles. The van der Waals surface area contributed by atoms with Crippen LogP contribution in [0, 0.1) is 5.92 Å². The third-order valence-electron chi connectivity index (χ3n) is 5.48. The smallest absolute Gasteiger partial charge is 0.324 e. The Kier molecular flexibility index (Phi) is 8.89. The van der Waals surface area contributed by atoms with Gasteiger partial charge in [-0.2, -0.15) is 4.72 Å². The molecule has 0 saturated carbocycles. The molecule has 3 rings (SSSR count). The van der Waals surface area contributed by atoms with Crippen LogP contribution in [-0.2, 0) is 30.8 Å². The van der Waals surface area contributed by atoms with Crippen molar-refractivity contribution in [2.45, 2.75) is 57.6 Å². The third-order valence-corrected chi connectivity index (χ3v) is 6.94. The minimum atomic E-state index is -3.95. The van der Waals surface area contributed by atoms with Gasteiger partial charge in [-0.05, 0) is 67.6 Å². The van der Waals surface area contributed by atoms with E-state index < -0.39 is 27.6 Å². The Bertz CT molecular complexity index is 1310. The van der Waals surface area contributed by atoms with Crippen LogP contribution in [0.4, 0.5) is 5.69 Å². The Morgan fingerprint density at radius 2 is 1.38 bits per heavy atom. The van der Waals surface area contributed by atoms with E-state index in [1.54, 1.807) is 46.8 Å². The standard InChI is InChI=1S/C29H34N2O5S/c1-20(2)27(28(33)36-29(3,4)5)31-37(34,35)25-17-15-23(16-18-25)22-13-11-21(12-14-22)19-26(32)30-24-9-7-6-8-10-24/h6-18,20,27,31H,19H2,1-5H3,(H,30,32)/t27-/m1/s1. The van der Waals surface area contributed by atoms with Crippen LogP contribution in [0.1, 0.15) is 40.2 Å². The van der Waals surface area contributed by atoms with Crippen molar-refractivity contribution in [2.24, 2.45) is 5.92 Å². The van der Waals surface area contributed by atoms with E-state index in [0.29, 0.717) is 0 Å². The third kappa shape index (κ3) is 8.27. The lowest BCUT2D eigenvalue weighted by molar-refractivity contribution is -0.158. The van der Waals surface area contributed by atoms with Crippen molar-refractivity contribution in [3.8, 4) is 11.1 Å². The fraction of sp³-hybridized carbons (Fsp3) is 0.310. The van der Waals surface area contributed by atoms with Gasteiger partial charge >= 0.3 is 5.97 Å². The minimum Gasteiger partial charge on any atom is -0.459 e. The van der Waals surface area contributed by atoms with Crippen LogP contribution in [0.3, 0.4) is 0 Å². The van der Waals surface area contributed by atoms with E-state index in [4.69, 9.17) is 4.74 Å². The lowest BCUT2D eigenvalue weighted by Crippen LogP contribution is -2.47. The predicted molar refractivity (Wildman–Crippen MR) is 145 cm³/mol. The van der Waals surface area contributed by atoms with Crippen molar-refractivity contribution in [3.05, 3.63) is 84.4 Å². The monoisotopic (exact) mass is 522 g/mol. The van der Waals surface area contributed by atoms with Crippen LogP contribution in [0.5, 0.6) is 0 Å². The number of rotatable bonds is 9. The largest absolute Gasteiger partial charge is 0.459 e. The summed E-state index contributed by atoms with van der Waals surface area (Å²) in [6, 6.07) is 22.2. The molecule has 7 nitrogen and oxygen atoms in total. The Labute approximate surface area is 219 Å². The van der Waals surface area contributed by atoms with Gasteiger partial charge in [0.1, 0.15) is 11.6 Å². The average molecular weight is 523 g/mol. The molecule has 3 aromatic rings. The topological polar surface area (TPSA) is 102 Å². The van der Waals surface area contributed by atoms with Crippen molar-refractivity contribution in [3.63, 3.8) is 0 Å². The van der Waals surface area contributed by atoms with Gasteiger partial charge in [-0.25, -0.2) is 8.42 Å². The van der Waals surface area contributed by atoms with Crippen LogP contribution in [0.2, 0.25) is 0 Å². The first-order chi connectivity index (χ1) is 17.3. The number of para-hydroxylation sites is 1. The molecule has 0 radical (unpaired) electrons. The number of anilines is 1. The maximum absolute atomic E-state index is 13.0. The van der Waals surface area contributed by atoms with Crippen LogP contribution >= 0.6 is 0 Å². The molecule has 37 heavy (non-hydrogen) atoms. The summed E-state index contributed by atoms with van der Waals surface area (Å²) in [6.07, 6.45) is 0.243. The predicted octanol–water partition coefficient (Wildman–Crippen LogP) is 5.18. The SMILES string of the molecule is CC(C)[C@@H](NS(=O)(=O)c1ccc(-c2ccc(CC(=O)Nc3ccccc3)cc2)cc1)C(=O)OC(C)(C)C. The second-order valence-electron chi connectivity index (χ2n) is 10.2. The minimum absolute atomic E-state index is 0.0552.